The Kier molecular flexibility index (Phi) is 8.08. The molecule has 0 unspecified atom stereocenters. The summed E-state index contributed by atoms with van der Waals surface area (Å²) in [6.45, 7) is 4.01. The van der Waals surface area contributed by atoms with Crippen LogP contribution in [0.25, 0.3) is 6.08 Å². The van der Waals surface area contributed by atoms with E-state index in [1.165, 1.54) is 13.2 Å². The lowest BCUT2D eigenvalue weighted by molar-refractivity contribution is -0.112. The highest BCUT2D eigenvalue weighted by Gasteiger charge is 2.15. The van der Waals surface area contributed by atoms with Gasteiger partial charge in [0.2, 0.25) is 0 Å². The van der Waals surface area contributed by atoms with Crippen LogP contribution in [0.4, 0.5) is 5.69 Å². The summed E-state index contributed by atoms with van der Waals surface area (Å²) < 4.78 is 12.0. The minimum atomic E-state index is -0.504. The molecule has 3 aromatic rings. The number of carbonyl (C=O) groups is 1. The normalized spacial score (nSPS) is 10.7. The monoisotopic (exact) mass is 515 g/mol. The summed E-state index contributed by atoms with van der Waals surface area (Å²) in [5.41, 5.74) is 4.37. The Labute approximate surface area is 207 Å². The fraction of sp³-hybridized carbons (Fsp3) is 0.148. The summed E-state index contributed by atoms with van der Waals surface area (Å²) in [5, 5.41) is 21.7. The van der Waals surface area contributed by atoms with Crippen molar-refractivity contribution in [2.24, 2.45) is 0 Å². The number of ether oxygens (including phenoxy) is 2. The molecule has 0 fully saturated rings. The first-order chi connectivity index (χ1) is 16.4. The topological polar surface area (TPSA) is 95.1 Å². The van der Waals surface area contributed by atoms with Crippen molar-refractivity contribution >= 4 is 33.6 Å². The van der Waals surface area contributed by atoms with Gasteiger partial charge >= 0.3 is 0 Å². The van der Waals surface area contributed by atoms with Crippen LogP contribution in [0.1, 0.15) is 27.8 Å². The van der Waals surface area contributed by atoms with E-state index in [0.29, 0.717) is 32.8 Å². The minimum Gasteiger partial charge on any atom is -0.493 e. The van der Waals surface area contributed by atoms with Crippen molar-refractivity contribution in [3.05, 3.63) is 92.5 Å². The van der Waals surface area contributed by atoms with Crippen LogP contribution in [-0.2, 0) is 11.4 Å². The van der Waals surface area contributed by atoms with Gasteiger partial charge in [0.25, 0.3) is 5.91 Å². The Hall–Kier alpha value is -4.07. The van der Waals surface area contributed by atoms with Gasteiger partial charge in [-0.3, -0.25) is 4.79 Å². The van der Waals surface area contributed by atoms with Crippen LogP contribution < -0.4 is 14.8 Å². The summed E-state index contributed by atoms with van der Waals surface area (Å²) in [7, 11) is 1.51. The molecule has 0 saturated heterocycles. The lowest BCUT2D eigenvalue weighted by Crippen LogP contribution is -2.14. The van der Waals surface area contributed by atoms with Crippen molar-refractivity contribution in [2.75, 3.05) is 12.4 Å². The van der Waals surface area contributed by atoms with E-state index in [4.69, 9.17) is 9.47 Å². The van der Waals surface area contributed by atoms with Crippen LogP contribution in [0, 0.1) is 36.5 Å². The highest BCUT2D eigenvalue weighted by molar-refractivity contribution is 9.10. The molecule has 0 spiro atoms. The number of amides is 1. The number of nitriles is 2. The molecule has 0 atom stereocenters. The van der Waals surface area contributed by atoms with Crippen molar-refractivity contribution in [1.82, 2.24) is 0 Å². The van der Waals surface area contributed by atoms with E-state index in [1.54, 1.807) is 24.3 Å². The van der Waals surface area contributed by atoms with Gasteiger partial charge in [0.15, 0.2) is 11.5 Å². The molecule has 3 aromatic carbocycles. The van der Waals surface area contributed by atoms with Crippen LogP contribution >= 0.6 is 15.9 Å². The second-order valence-electron chi connectivity index (χ2n) is 7.52. The predicted molar refractivity (Wildman–Crippen MR) is 134 cm³/mol. The summed E-state index contributed by atoms with van der Waals surface area (Å²) in [4.78, 5) is 12.8. The lowest BCUT2D eigenvalue weighted by Gasteiger charge is -2.14. The van der Waals surface area contributed by atoms with Crippen molar-refractivity contribution in [3.8, 4) is 23.6 Å². The van der Waals surface area contributed by atoms with E-state index in [0.717, 1.165) is 16.7 Å². The Bertz CT molecular complexity index is 1350. The molecule has 3 rings (SSSR count). The number of benzene rings is 3. The summed E-state index contributed by atoms with van der Waals surface area (Å²) in [6.07, 6.45) is 1.49. The van der Waals surface area contributed by atoms with E-state index in [-0.39, 0.29) is 12.2 Å². The van der Waals surface area contributed by atoms with Gasteiger partial charge in [-0.2, -0.15) is 10.5 Å². The molecule has 0 aromatic heterocycles. The third-order valence-electron chi connectivity index (χ3n) is 5.11. The van der Waals surface area contributed by atoms with E-state index >= 15 is 0 Å². The van der Waals surface area contributed by atoms with Gasteiger partial charge in [-0.25, -0.2) is 0 Å². The standard InChI is InChI=1S/C27H22BrN3O3/c1-17-8-9-18(2)24(10-17)31-27(32)22(15-30)11-21-12-25(33-3)26(13-23(21)28)34-16-20-7-5-4-6-19(20)14-29/h4-13H,16H2,1-3H3,(H,31,32)/b22-11+. The number of carbonyl (C=O) groups excluding carboxylic acids is 1. The molecular weight excluding hydrogens is 494 g/mol. The highest BCUT2D eigenvalue weighted by Crippen LogP contribution is 2.35. The molecule has 0 saturated carbocycles. The van der Waals surface area contributed by atoms with E-state index in [1.807, 2.05) is 50.2 Å². The van der Waals surface area contributed by atoms with Crippen molar-refractivity contribution in [2.45, 2.75) is 20.5 Å². The number of rotatable bonds is 7. The second-order valence-corrected chi connectivity index (χ2v) is 8.38. The van der Waals surface area contributed by atoms with Crippen LogP contribution in [0.5, 0.6) is 11.5 Å². The van der Waals surface area contributed by atoms with Crippen LogP contribution in [0.2, 0.25) is 0 Å². The van der Waals surface area contributed by atoms with Gasteiger partial charge < -0.3 is 14.8 Å². The van der Waals surface area contributed by atoms with Gasteiger partial charge in [-0.1, -0.05) is 46.3 Å². The number of nitrogens with zero attached hydrogens (tertiary/aromatic N) is 2. The Balaban J connectivity index is 1.86. The maximum Gasteiger partial charge on any atom is 0.266 e. The summed E-state index contributed by atoms with van der Waals surface area (Å²) >= 11 is 3.49. The quantitative estimate of drug-likeness (QED) is 0.304. The first-order valence-corrected chi connectivity index (χ1v) is 11.1. The summed E-state index contributed by atoms with van der Waals surface area (Å²) in [5.74, 6) is 0.379. The van der Waals surface area contributed by atoms with Gasteiger partial charge in [-0.05, 0) is 60.9 Å². The molecule has 0 aliphatic heterocycles. The lowest BCUT2D eigenvalue weighted by atomic mass is 10.1. The van der Waals surface area contributed by atoms with E-state index in [9.17, 15) is 15.3 Å². The van der Waals surface area contributed by atoms with Crippen molar-refractivity contribution in [1.29, 1.82) is 10.5 Å². The number of methoxy groups -OCH3 is 1. The van der Waals surface area contributed by atoms with Crippen LogP contribution in [0.3, 0.4) is 0 Å². The summed E-state index contributed by atoms with van der Waals surface area (Å²) in [6, 6.07) is 20.4. The first-order valence-electron chi connectivity index (χ1n) is 10.3. The fourth-order valence-electron chi connectivity index (χ4n) is 3.21. The molecule has 170 valence electrons. The number of halogens is 1. The number of hydrogen-bond donors (Lipinski definition) is 1. The molecule has 0 radical (unpaired) electrons. The third-order valence-corrected chi connectivity index (χ3v) is 5.80. The molecule has 1 amide bonds. The van der Waals surface area contributed by atoms with Gasteiger partial charge in [0.1, 0.15) is 18.2 Å². The molecule has 6 nitrogen and oxygen atoms in total. The zero-order chi connectivity index (χ0) is 24.7. The number of nitrogens with one attached hydrogen (secondary N) is 1. The highest BCUT2D eigenvalue weighted by atomic mass is 79.9. The average Bonchev–Trinajstić information content (AvgIpc) is 2.84. The van der Waals surface area contributed by atoms with Gasteiger partial charge in [0, 0.05) is 15.7 Å². The Morgan fingerprint density at radius 1 is 1.09 bits per heavy atom. The molecule has 0 aliphatic rings. The number of hydrogen-bond acceptors (Lipinski definition) is 5. The van der Waals surface area contributed by atoms with Gasteiger partial charge in [0.05, 0.1) is 18.7 Å². The number of aryl methyl sites for hydroxylation is 2. The fourth-order valence-corrected chi connectivity index (χ4v) is 3.65. The SMILES string of the molecule is COc1cc(/C=C(\C#N)C(=O)Nc2cc(C)ccc2C)c(Br)cc1OCc1ccccc1C#N. The van der Waals surface area contributed by atoms with Crippen molar-refractivity contribution < 1.29 is 14.3 Å². The molecule has 0 bridgehead atoms. The Morgan fingerprint density at radius 3 is 2.56 bits per heavy atom. The molecule has 0 heterocycles. The average molecular weight is 516 g/mol. The maximum absolute atomic E-state index is 12.8. The molecule has 1 N–H and O–H groups in total. The third kappa shape index (κ3) is 5.83. The molecule has 34 heavy (non-hydrogen) atoms. The second kappa shape index (κ2) is 11.2. The molecule has 0 aliphatic carbocycles. The smallest absolute Gasteiger partial charge is 0.266 e. The van der Waals surface area contributed by atoms with Crippen LogP contribution in [0.15, 0.2) is 64.6 Å². The zero-order valence-electron chi connectivity index (χ0n) is 19.0. The molecule has 7 heteroatoms. The van der Waals surface area contributed by atoms with Crippen LogP contribution in [-0.4, -0.2) is 13.0 Å². The van der Waals surface area contributed by atoms with E-state index < -0.39 is 5.91 Å². The van der Waals surface area contributed by atoms with Crippen molar-refractivity contribution in [3.63, 3.8) is 0 Å². The first kappa shape index (κ1) is 24.6. The number of anilines is 1. The predicted octanol–water partition coefficient (Wildman–Crippen LogP) is 6.07. The maximum atomic E-state index is 12.8. The Morgan fingerprint density at radius 2 is 1.85 bits per heavy atom. The largest absolute Gasteiger partial charge is 0.493 e. The molecular formula is C27H22BrN3O3. The van der Waals surface area contributed by atoms with Gasteiger partial charge in [-0.15, -0.1) is 0 Å². The minimum absolute atomic E-state index is 0.0553. The zero-order valence-corrected chi connectivity index (χ0v) is 20.6. The van der Waals surface area contributed by atoms with E-state index in [2.05, 4.69) is 27.3 Å².